The zero-order valence-corrected chi connectivity index (χ0v) is 10.5. The Labute approximate surface area is 103 Å². The SMILES string of the molecule is C=CC(=O)Nc1cc(Br)ccc1C(=O)CC. The second-order valence-electron chi connectivity index (χ2n) is 3.16. The summed E-state index contributed by atoms with van der Waals surface area (Å²) in [6, 6.07) is 5.16. The molecule has 1 aromatic carbocycles. The third kappa shape index (κ3) is 3.03. The molecule has 0 fully saturated rings. The molecule has 0 saturated heterocycles. The molecule has 0 unspecified atom stereocenters. The van der Waals surface area contributed by atoms with Gasteiger partial charge in [0.2, 0.25) is 5.91 Å². The lowest BCUT2D eigenvalue weighted by atomic mass is 10.1. The number of rotatable bonds is 4. The Bertz CT molecular complexity index is 441. The molecule has 0 aliphatic carbocycles. The molecule has 1 aromatic rings. The van der Waals surface area contributed by atoms with Crippen molar-refractivity contribution in [3.63, 3.8) is 0 Å². The molecule has 0 atom stereocenters. The van der Waals surface area contributed by atoms with E-state index in [1.54, 1.807) is 25.1 Å². The van der Waals surface area contributed by atoms with Gasteiger partial charge in [-0.2, -0.15) is 0 Å². The molecule has 0 aliphatic heterocycles. The largest absolute Gasteiger partial charge is 0.322 e. The monoisotopic (exact) mass is 281 g/mol. The Kier molecular flexibility index (Phi) is 4.43. The first-order valence-electron chi connectivity index (χ1n) is 4.84. The van der Waals surface area contributed by atoms with Crippen molar-refractivity contribution in [1.29, 1.82) is 0 Å². The van der Waals surface area contributed by atoms with Crippen molar-refractivity contribution < 1.29 is 9.59 Å². The average Bonchev–Trinajstić information content (AvgIpc) is 2.28. The van der Waals surface area contributed by atoms with E-state index in [1.165, 1.54) is 6.08 Å². The minimum Gasteiger partial charge on any atom is -0.322 e. The molecule has 4 heteroatoms. The van der Waals surface area contributed by atoms with Gasteiger partial charge in [0.05, 0.1) is 5.69 Å². The van der Waals surface area contributed by atoms with Gasteiger partial charge in [-0.25, -0.2) is 0 Å². The quantitative estimate of drug-likeness (QED) is 0.681. The summed E-state index contributed by atoms with van der Waals surface area (Å²) in [6.45, 7) is 5.15. The van der Waals surface area contributed by atoms with Crippen molar-refractivity contribution in [2.24, 2.45) is 0 Å². The molecule has 0 heterocycles. The van der Waals surface area contributed by atoms with E-state index in [2.05, 4.69) is 27.8 Å². The van der Waals surface area contributed by atoms with Gasteiger partial charge in [0, 0.05) is 16.5 Å². The summed E-state index contributed by atoms with van der Waals surface area (Å²) in [6.07, 6.45) is 1.57. The third-order valence-corrected chi connectivity index (χ3v) is 2.54. The Morgan fingerprint density at radius 3 is 2.75 bits per heavy atom. The molecule has 84 valence electrons. The van der Waals surface area contributed by atoms with Gasteiger partial charge in [-0.1, -0.05) is 29.4 Å². The fourth-order valence-electron chi connectivity index (χ4n) is 1.24. The minimum absolute atomic E-state index is 0.00753. The first kappa shape index (κ1) is 12.6. The number of Topliss-reactive ketones (excluding diaryl/α,β-unsaturated/α-hetero) is 1. The van der Waals surface area contributed by atoms with Gasteiger partial charge < -0.3 is 5.32 Å². The van der Waals surface area contributed by atoms with Crippen LogP contribution in [-0.2, 0) is 4.79 Å². The van der Waals surface area contributed by atoms with Crippen molar-refractivity contribution in [3.05, 3.63) is 40.9 Å². The molecule has 1 rings (SSSR count). The zero-order valence-electron chi connectivity index (χ0n) is 8.92. The molecular weight excluding hydrogens is 270 g/mol. The Balaban J connectivity index is 3.12. The lowest BCUT2D eigenvalue weighted by molar-refractivity contribution is -0.111. The van der Waals surface area contributed by atoms with Crippen molar-refractivity contribution in [1.82, 2.24) is 0 Å². The van der Waals surface area contributed by atoms with Crippen LogP contribution < -0.4 is 5.32 Å². The van der Waals surface area contributed by atoms with Crippen LogP contribution in [0.15, 0.2) is 35.3 Å². The highest BCUT2D eigenvalue weighted by molar-refractivity contribution is 9.10. The molecule has 1 N–H and O–H groups in total. The molecule has 0 aromatic heterocycles. The summed E-state index contributed by atoms with van der Waals surface area (Å²) in [4.78, 5) is 22.8. The standard InChI is InChI=1S/C12H12BrNO2/c1-3-11(15)9-6-5-8(13)7-10(9)14-12(16)4-2/h4-7H,2-3H2,1H3,(H,14,16). The first-order chi connectivity index (χ1) is 7.58. The van der Waals surface area contributed by atoms with E-state index < -0.39 is 0 Å². The molecule has 0 bridgehead atoms. The second kappa shape index (κ2) is 5.61. The van der Waals surface area contributed by atoms with Crippen molar-refractivity contribution in [3.8, 4) is 0 Å². The number of carbonyl (C=O) groups excluding carboxylic acids is 2. The van der Waals surface area contributed by atoms with E-state index in [1.807, 2.05) is 0 Å². The highest BCUT2D eigenvalue weighted by Gasteiger charge is 2.11. The fourth-order valence-corrected chi connectivity index (χ4v) is 1.60. The van der Waals surface area contributed by atoms with Gasteiger partial charge in [0.15, 0.2) is 5.78 Å². The van der Waals surface area contributed by atoms with Crippen LogP contribution in [0.5, 0.6) is 0 Å². The predicted molar refractivity (Wildman–Crippen MR) is 67.6 cm³/mol. The molecule has 16 heavy (non-hydrogen) atoms. The molecule has 0 saturated carbocycles. The second-order valence-corrected chi connectivity index (χ2v) is 4.08. The Morgan fingerprint density at radius 2 is 2.19 bits per heavy atom. The van der Waals surface area contributed by atoms with Gasteiger partial charge in [-0.15, -0.1) is 0 Å². The Morgan fingerprint density at radius 1 is 1.50 bits per heavy atom. The topological polar surface area (TPSA) is 46.2 Å². The van der Waals surface area contributed by atoms with Crippen LogP contribution in [-0.4, -0.2) is 11.7 Å². The number of amides is 1. The van der Waals surface area contributed by atoms with E-state index in [-0.39, 0.29) is 11.7 Å². The van der Waals surface area contributed by atoms with Crippen LogP contribution >= 0.6 is 15.9 Å². The zero-order chi connectivity index (χ0) is 12.1. The van der Waals surface area contributed by atoms with Gasteiger partial charge in [0.1, 0.15) is 0 Å². The maximum Gasteiger partial charge on any atom is 0.247 e. The molecule has 0 spiro atoms. The smallest absolute Gasteiger partial charge is 0.247 e. The normalized spacial score (nSPS) is 9.62. The van der Waals surface area contributed by atoms with Gasteiger partial charge in [-0.3, -0.25) is 9.59 Å². The molecule has 0 radical (unpaired) electrons. The van der Waals surface area contributed by atoms with Crippen molar-refractivity contribution in [2.75, 3.05) is 5.32 Å². The number of anilines is 1. The number of hydrogen-bond acceptors (Lipinski definition) is 2. The van der Waals surface area contributed by atoms with Crippen LogP contribution in [0.2, 0.25) is 0 Å². The Hall–Kier alpha value is -1.42. The number of hydrogen-bond donors (Lipinski definition) is 1. The highest BCUT2D eigenvalue weighted by atomic mass is 79.9. The van der Waals surface area contributed by atoms with Gasteiger partial charge in [0.25, 0.3) is 0 Å². The van der Waals surface area contributed by atoms with Crippen LogP contribution in [0.25, 0.3) is 0 Å². The van der Waals surface area contributed by atoms with Gasteiger partial charge in [-0.05, 0) is 24.3 Å². The van der Waals surface area contributed by atoms with Crippen LogP contribution in [0.3, 0.4) is 0 Å². The summed E-state index contributed by atoms with van der Waals surface area (Å²) in [5.74, 6) is -0.338. The summed E-state index contributed by atoms with van der Waals surface area (Å²) in [5.41, 5.74) is 1.02. The van der Waals surface area contributed by atoms with Crippen molar-refractivity contribution >= 4 is 33.3 Å². The molecule has 1 amide bonds. The predicted octanol–water partition coefficient (Wildman–Crippen LogP) is 3.17. The van der Waals surface area contributed by atoms with E-state index in [9.17, 15) is 9.59 Å². The molecule has 3 nitrogen and oxygen atoms in total. The van der Waals surface area contributed by atoms with E-state index in [0.717, 1.165) is 4.47 Å². The molecule has 0 aliphatic rings. The van der Waals surface area contributed by atoms with Crippen molar-refractivity contribution in [2.45, 2.75) is 13.3 Å². The first-order valence-corrected chi connectivity index (χ1v) is 5.64. The van der Waals surface area contributed by atoms with Crippen LogP contribution in [0.4, 0.5) is 5.69 Å². The van der Waals surface area contributed by atoms with E-state index in [0.29, 0.717) is 17.7 Å². The lowest BCUT2D eigenvalue weighted by Gasteiger charge is -2.08. The van der Waals surface area contributed by atoms with Crippen LogP contribution in [0, 0.1) is 0 Å². The van der Waals surface area contributed by atoms with E-state index >= 15 is 0 Å². The number of benzene rings is 1. The summed E-state index contributed by atoms with van der Waals surface area (Å²) >= 11 is 3.29. The number of nitrogens with one attached hydrogen (secondary N) is 1. The number of halogens is 1. The van der Waals surface area contributed by atoms with Gasteiger partial charge >= 0.3 is 0 Å². The molecular formula is C12H12BrNO2. The lowest BCUT2D eigenvalue weighted by Crippen LogP contribution is -2.11. The highest BCUT2D eigenvalue weighted by Crippen LogP contribution is 2.22. The van der Waals surface area contributed by atoms with Crippen LogP contribution in [0.1, 0.15) is 23.7 Å². The fraction of sp³-hybridized carbons (Fsp3) is 0.167. The summed E-state index contributed by atoms with van der Waals surface area (Å²) < 4.78 is 0.805. The van der Waals surface area contributed by atoms with E-state index in [4.69, 9.17) is 0 Å². The number of carbonyl (C=O) groups is 2. The maximum atomic E-state index is 11.6. The maximum absolute atomic E-state index is 11.6. The summed E-state index contributed by atoms with van der Waals surface area (Å²) in [5, 5.41) is 2.61. The summed E-state index contributed by atoms with van der Waals surface area (Å²) in [7, 11) is 0. The minimum atomic E-state index is -0.330. The third-order valence-electron chi connectivity index (χ3n) is 2.05. The number of ketones is 1. The average molecular weight is 282 g/mol.